The van der Waals surface area contributed by atoms with Crippen LogP contribution in [0.5, 0.6) is 0 Å². The van der Waals surface area contributed by atoms with Crippen LogP contribution >= 0.6 is 0 Å². The molecule has 0 radical (unpaired) electrons. The molecule has 1 saturated heterocycles. The number of nitrogens with zero attached hydrogens (tertiary/aromatic N) is 2. The number of likely N-dealkylation sites (tertiary alicyclic amines) is 1. The van der Waals surface area contributed by atoms with E-state index in [9.17, 15) is 0 Å². The SMILES string of the molecule is CC(C)N1C[C@@H](Nc2ccnc3[nH]ccc23)CC[C@@H]1C. The molecule has 4 nitrogen and oxygen atoms in total. The second kappa shape index (κ2) is 5.44. The fraction of sp³-hybridized carbons (Fsp3) is 0.562. The van der Waals surface area contributed by atoms with Gasteiger partial charge in [0.2, 0.25) is 0 Å². The highest BCUT2D eigenvalue weighted by Crippen LogP contribution is 2.25. The Morgan fingerprint density at radius 3 is 3.00 bits per heavy atom. The van der Waals surface area contributed by atoms with Gasteiger partial charge in [-0.3, -0.25) is 4.90 Å². The summed E-state index contributed by atoms with van der Waals surface area (Å²) in [5.41, 5.74) is 2.15. The summed E-state index contributed by atoms with van der Waals surface area (Å²) < 4.78 is 0. The fourth-order valence-electron chi connectivity index (χ4n) is 3.28. The Bertz CT molecular complexity index is 575. The molecule has 1 fully saturated rings. The molecule has 3 rings (SSSR count). The summed E-state index contributed by atoms with van der Waals surface area (Å²) in [7, 11) is 0. The molecule has 2 N–H and O–H groups in total. The molecule has 20 heavy (non-hydrogen) atoms. The van der Waals surface area contributed by atoms with E-state index in [0.29, 0.717) is 18.1 Å². The minimum absolute atomic E-state index is 0.522. The van der Waals surface area contributed by atoms with Crippen molar-refractivity contribution in [2.24, 2.45) is 0 Å². The first-order chi connectivity index (χ1) is 9.65. The molecule has 0 unspecified atom stereocenters. The molecule has 2 atom stereocenters. The number of anilines is 1. The average Bonchev–Trinajstić information content (AvgIpc) is 2.90. The molecule has 2 aromatic rings. The number of fused-ring (bicyclic) bond motifs is 1. The van der Waals surface area contributed by atoms with Crippen LogP contribution in [0.25, 0.3) is 11.0 Å². The molecule has 0 spiro atoms. The minimum Gasteiger partial charge on any atom is -0.380 e. The number of hydrogen-bond acceptors (Lipinski definition) is 3. The second-order valence-electron chi connectivity index (χ2n) is 6.16. The lowest BCUT2D eigenvalue weighted by atomic mass is 9.97. The first kappa shape index (κ1) is 13.4. The van der Waals surface area contributed by atoms with Gasteiger partial charge < -0.3 is 10.3 Å². The number of nitrogens with one attached hydrogen (secondary N) is 2. The summed E-state index contributed by atoms with van der Waals surface area (Å²) in [6, 6.07) is 6.00. The van der Waals surface area contributed by atoms with E-state index in [1.165, 1.54) is 23.9 Å². The first-order valence-corrected chi connectivity index (χ1v) is 7.59. The van der Waals surface area contributed by atoms with Crippen LogP contribution in [-0.2, 0) is 0 Å². The summed E-state index contributed by atoms with van der Waals surface area (Å²) >= 11 is 0. The predicted octanol–water partition coefficient (Wildman–Crippen LogP) is 3.24. The van der Waals surface area contributed by atoms with Gasteiger partial charge in [0, 0.05) is 48.1 Å². The van der Waals surface area contributed by atoms with Gasteiger partial charge in [-0.15, -0.1) is 0 Å². The third-order valence-electron chi connectivity index (χ3n) is 4.41. The zero-order valence-corrected chi connectivity index (χ0v) is 12.6. The molecule has 3 heterocycles. The number of piperidine rings is 1. The van der Waals surface area contributed by atoms with Crippen LogP contribution < -0.4 is 5.32 Å². The van der Waals surface area contributed by atoms with Gasteiger partial charge in [-0.25, -0.2) is 4.98 Å². The Hall–Kier alpha value is -1.55. The molecule has 2 aromatic heterocycles. The summed E-state index contributed by atoms with van der Waals surface area (Å²) in [4.78, 5) is 10.1. The Kier molecular flexibility index (Phi) is 3.66. The van der Waals surface area contributed by atoms with Crippen molar-refractivity contribution >= 4 is 16.7 Å². The molecule has 1 aliphatic heterocycles. The Morgan fingerprint density at radius 1 is 1.35 bits per heavy atom. The van der Waals surface area contributed by atoms with Crippen molar-refractivity contribution in [3.05, 3.63) is 24.5 Å². The van der Waals surface area contributed by atoms with Crippen molar-refractivity contribution < 1.29 is 0 Å². The Balaban J connectivity index is 1.76. The summed E-state index contributed by atoms with van der Waals surface area (Å²) in [6.45, 7) is 8.03. The van der Waals surface area contributed by atoms with E-state index in [0.717, 1.165) is 12.2 Å². The predicted molar refractivity (Wildman–Crippen MR) is 84.0 cm³/mol. The Labute approximate surface area is 120 Å². The van der Waals surface area contributed by atoms with Gasteiger partial charge in [0.1, 0.15) is 5.65 Å². The average molecular weight is 272 g/mol. The maximum atomic E-state index is 4.34. The smallest absolute Gasteiger partial charge is 0.139 e. The maximum Gasteiger partial charge on any atom is 0.139 e. The highest BCUT2D eigenvalue weighted by atomic mass is 15.2. The monoisotopic (exact) mass is 272 g/mol. The normalized spacial score (nSPS) is 24.4. The number of hydrogen-bond donors (Lipinski definition) is 2. The maximum absolute atomic E-state index is 4.34. The Morgan fingerprint density at radius 2 is 2.20 bits per heavy atom. The lowest BCUT2D eigenvalue weighted by Crippen LogP contribution is -2.49. The molecular weight excluding hydrogens is 248 g/mol. The number of pyridine rings is 1. The zero-order chi connectivity index (χ0) is 14.1. The second-order valence-corrected chi connectivity index (χ2v) is 6.16. The summed E-state index contributed by atoms with van der Waals surface area (Å²) in [6.07, 6.45) is 6.31. The highest BCUT2D eigenvalue weighted by molar-refractivity contribution is 5.89. The van der Waals surface area contributed by atoms with Crippen LogP contribution in [-0.4, -0.2) is 39.5 Å². The number of aromatic nitrogens is 2. The van der Waals surface area contributed by atoms with Crippen LogP contribution in [0.1, 0.15) is 33.6 Å². The largest absolute Gasteiger partial charge is 0.380 e. The van der Waals surface area contributed by atoms with Crippen LogP contribution in [0.4, 0.5) is 5.69 Å². The van der Waals surface area contributed by atoms with E-state index in [1.54, 1.807) is 0 Å². The van der Waals surface area contributed by atoms with Gasteiger partial charge in [0.05, 0.1) is 0 Å². The van der Waals surface area contributed by atoms with Gasteiger partial charge in [-0.1, -0.05) is 0 Å². The molecule has 0 amide bonds. The van der Waals surface area contributed by atoms with Crippen LogP contribution in [0.2, 0.25) is 0 Å². The van der Waals surface area contributed by atoms with E-state index < -0.39 is 0 Å². The van der Waals surface area contributed by atoms with Crippen molar-refractivity contribution in [1.82, 2.24) is 14.9 Å². The summed E-state index contributed by atoms with van der Waals surface area (Å²) in [5.74, 6) is 0. The van der Waals surface area contributed by atoms with Gasteiger partial charge in [0.15, 0.2) is 0 Å². The van der Waals surface area contributed by atoms with Gasteiger partial charge in [0.25, 0.3) is 0 Å². The van der Waals surface area contributed by atoms with Gasteiger partial charge >= 0.3 is 0 Å². The molecular formula is C16H24N4. The minimum atomic E-state index is 0.522. The van der Waals surface area contributed by atoms with Crippen molar-refractivity contribution in [3.8, 4) is 0 Å². The van der Waals surface area contributed by atoms with E-state index in [4.69, 9.17) is 0 Å². The summed E-state index contributed by atoms with van der Waals surface area (Å²) in [5, 5.41) is 4.90. The number of rotatable bonds is 3. The van der Waals surface area contributed by atoms with Crippen molar-refractivity contribution in [1.29, 1.82) is 0 Å². The van der Waals surface area contributed by atoms with E-state index in [1.807, 2.05) is 12.4 Å². The molecule has 0 aliphatic carbocycles. The zero-order valence-electron chi connectivity index (χ0n) is 12.6. The molecule has 1 aliphatic rings. The number of aromatic amines is 1. The third-order valence-corrected chi connectivity index (χ3v) is 4.41. The fourth-order valence-corrected chi connectivity index (χ4v) is 3.28. The van der Waals surface area contributed by atoms with E-state index in [2.05, 4.69) is 53.1 Å². The molecule has 0 aromatic carbocycles. The van der Waals surface area contributed by atoms with Crippen molar-refractivity contribution in [2.45, 2.75) is 51.7 Å². The molecule has 4 heteroatoms. The standard InChI is InChI=1S/C16H24N4/c1-11(2)20-10-13(5-4-12(20)3)19-15-7-9-18-16-14(15)6-8-17-16/h6-9,11-13H,4-5,10H2,1-3H3,(H2,17,18,19)/t12-,13-/m0/s1. The van der Waals surface area contributed by atoms with Crippen LogP contribution in [0, 0.1) is 0 Å². The van der Waals surface area contributed by atoms with E-state index >= 15 is 0 Å². The lowest BCUT2D eigenvalue weighted by molar-refractivity contribution is 0.115. The van der Waals surface area contributed by atoms with Gasteiger partial charge in [-0.2, -0.15) is 0 Å². The number of H-pyrrole nitrogens is 1. The molecule has 0 bridgehead atoms. The topological polar surface area (TPSA) is 44.0 Å². The van der Waals surface area contributed by atoms with Crippen LogP contribution in [0.15, 0.2) is 24.5 Å². The lowest BCUT2D eigenvalue weighted by Gasteiger charge is -2.41. The molecule has 0 saturated carbocycles. The third kappa shape index (κ3) is 2.52. The highest BCUT2D eigenvalue weighted by Gasteiger charge is 2.27. The van der Waals surface area contributed by atoms with Gasteiger partial charge in [-0.05, 0) is 45.7 Å². The first-order valence-electron chi connectivity index (χ1n) is 7.59. The van der Waals surface area contributed by atoms with E-state index in [-0.39, 0.29) is 0 Å². The van der Waals surface area contributed by atoms with Crippen LogP contribution in [0.3, 0.4) is 0 Å². The van der Waals surface area contributed by atoms with Crippen molar-refractivity contribution in [2.75, 3.05) is 11.9 Å². The quantitative estimate of drug-likeness (QED) is 0.901. The molecule has 108 valence electrons. The van der Waals surface area contributed by atoms with Crippen molar-refractivity contribution in [3.63, 3.8) is 0 Å².